The van der Waals surface area contributed by atoms with Crippen LogP contribution in [0, 0.1) is 0 Å². The van der Waals surface area contributed by atoms with Crippen LogP contribution in [0.25, 0.3) is 0 Å². The molecule has 1 fully saturated rings. The van der Waals surface area contributed by atoms with E-state index in [9.17, 15) is 0 Å². The molecule has 0 atom stereocenters. The quantitative estimate of drug-likeness (QED) is 0.753. The Hall–Kier alpha value is -1.46. The number of nitrogens with zero attached hydrogens (tertiary/aromatic N) is 1. The molecule has 5 heteroatoms. The van der Waals surface area contributed by atoms with Gasteiger partial charge in [-0.15, -0.1) is 0 Å². The van der Waals surface area contributed by atoms with Crippen LogP contribution >= 0.6 is 0 Å². The van der Waals surface area contributed by atoms with Gasteiger partial charge in [0.05, 0.1) is 25.9 Å². The van der Waals surface area contributed by atoms with Crippen molar-refractivity contribution in [2.45, 2.75) is 32.3 Å². The summed E-state index contributed by atoms with van der Waals surface area (Å²) in [5.41, 5.74) is 7.82. The van der Waals surface area contributed by atoms with Crippen LogP contribution in [-0.2, 0) is 4.74 Å². The first-order chi connectivity index (χ1) is 10.2. The smallest absolute Gasteiger partial charge is 0.123 e. The van der Waals surface area contributed by atoms with E-state index in [2.05, 4.69) is 17.9 Å². The molecule has 1 aromatic carbocycles. The van der Waals surface area contributed by atoms with Gasteiger partial charge in [-0.25, -0.2) is 0 Å². The van der Waals surface area contributed by atoms with Crippen LogP contribution in [0.2, 0.25) is 0 Å². The molecule has 1 aliphatic heterocycles. The maximum absolute atomic E-state index is 8.80. The predicted molar refractivity (Wildman–Crippen MR) is 84.9 cm³/mol. The van der Waals surface area contributed by atoms with Crippen molar-refractivity contribution in [2.75, 3.05) is 43.5 Å². The molecule has 0 aliphatic carbocycles. The zero-order chi connectivity index (χ0) is 15.1. The lowest BCUT2D eigenvalue weighted by atomic mass is 10.1. The van der Waals surface area contributed by atoms with Crippen molar-refractivity contribution in [3.63, 3.8) is 0 Å². The summed E-state index contributed by atoms with van der Waals surface area (Å²) in [4.78, 5) is 2.31. The number of benzene rings is 1. The highest BCUT2D eigenvalue weighted by molar-refractivity contribution is 5.60. The van der Waals surface area contributed by atoms with Crippen molar-refractivity contribution in [3.8, 4) is 5.75 Å². The Morgan fingerprint density at radius 1 is 1.24 bits per heavy atom. The largest absolute Gasteiger partial charge is 0.493 e. The maximum Gasteiger partial charge on any atom is 0.123 e. The van der Waals surface area contributed by atoms with Gasteiger partial charge in [-0.3, -0.25) is 0 Å². The highest BCUT2D eigenvalue weighted by Crippen LogP contribution is 2.28. The molecule has 1 saturated heterocycles. The number of anilines is 2. The lowest BCUT2D eigenvalue weighted by Gasteiger charge is -2.33. The SMILES string of the molecule is CCCOc1cc(N)cc(N2CCC(OCCO)CC2)c1. The van der Waals surface area contributed by atoms with Crippen LogP contribution in [-0.4, -0.2) is 44.1 Å². The molecule has 0 bridgehead atoms. The van der Waals surface area contributed by atoms with Crippen molar-refractivity contribution in [1.82, 2.24) is 0 Å². The second kappa shape index (κ2) is 8.10. The normalized spacial score (nSPS) is 16.2. The van der Waals surface area contributed by atoms with Gasteiger partial charge in [0, 0.05) is 36.6 Å². The van der Waals surface area contributed by atoms with Crippen LogP contribution in [0.15, 0.2) is 18.2 Å². The number of ether oxygens (including phenoxy) is 2. The molecule has 2 rings (SSSR count). The Kier molecular flexibility index (Phi) is 6.14. The van der Waals surface area contributed by atoms with E-state index in [1.807, 2.05) is 12.1 Å². The standard InChI is InChI=1S/C16H26N2O3/c1-2-8-20-16-11-13(17)10-14(12-16)18-5-3-15(4-6-18)21-9-7-19/h10-12,15,19H,2-9,17H2,1H3. The third-order valence-electron chi connectivity index (χ3n) is 3.64. The average molecular weight is 294 g/mol. The first-order valence-corrected chi connectivity index (χ1v) is 7.73. The third-order valence-corrected chi connectivity index (χ3v) is 3.64. The molecule has 1 heterocycles. The number of piperidine rings is 1. The Morgan fingerprint density at radius 3 is 2.67 bits per heavy atom. The third kappa shape index (κ3) is 4.79. The van der Waals surface area contributed by atoms with Gasteiger partial charge in [0.15, 0.2) is 0 Å². The second-order valence-corrected chi connectivity index (χ2v) is 5.39. The van der Waals surface area contributed by atoms with Crippen LogP contribution < -0.4 is 15.4 Å². The van der Waals surface area contributed by atoms with Gasteiger partial charge in [0.2, 0.25) is 0 Å². The summed E-state index contributed by atoms with van der Waals surface area (Å²) >= 11 is 0. The monoisotopic (exact) mass is 294 g/mol. The molecule has 118 valence electrons. The van der Waals surface area contributed by atoms with Gasteiger partial charge in [0.25, 0.3) is 0 Å². The van der Waals surface area contributed by atoms with Crippen molar-refractivity contribution in [2.24, 2.45) is 0 Å². The highest BCUT2D eigenvalue weighted by atomic mass is 16.5. The first-order valence-electron chi connectivity index (χ1n) is 7.73. The topological polar surface area (TPSA) is 68.0 Å². The van der Waals surface area contributed by atoms with E-state index in [0.29, 0.717) is 13.2 Å². The van der Waals surface area contributed by atoms with Gasteiger partial charge < -0.3 is 25.2 Å². The van der Waals surface area contributed by atoms with Crippen LogP contribution in [0.4, 0.5) is 11.4 Å². The number of nitrogen functional groups attached to an aromatic ring is 1. The van der Waals surface area contributed by atoms with Gasteiger partial charge in [-0.05, 0) is 25.3 Å². The maximum atomic E-state index is 8.80. The van der Waals surface area contributed by atoms with E-state index in [1.54, 1.807) is 0 Å². The molecule has 0 saturated carbocycles. The summed E-state index contributed by atoms with van der Waals surface area (Å²) in [7, 11) is 0. The van der Waals surface area contributed by atoms with Gasteiger partial charge in [0.1, 0.15) is 5.75 Å². The van der Waals surface area contributed by atoms with Crippen molar-refractivity contribution >= 4 is 11.4 Å². The number of hydrogen-bond acceptors (Lipinski definition) is 5. The van der Waals surface area contributed by atoms with Crippen LogP contribution in [0.3, 0.4) is 0 Å². The second-order valence-electron chi connectivity index (χ2n) is 5.39. The fourth-order valence-electron chi connectivity index (χ4n) is 2.59. The minimum absolute atomic E-state index is 0.0908. The zero-order valence-electron chi connectivity index (χ0n) is 12.8. The summed E-state index contributed by atoms with van der Waals surface area (Å²) < 4.78 is 11.3. The van der Waals surface area contributed by atoms with Crippen LogP contribution in [0.5, 0.6) is 5.75 Å². The summed E-state index contributed by atoms with van der Waals surface area (Å²) in [6, 6.07) is 5.92. The summed E-state index contributed by atoms with van der Waals surface area (Å²) in [5.74, 6) is 0.838. The van der Waals surface area contributed by atoms with Crippen LogP contribution in [0.1, 0.15) is 26.2 Å². The first kappa shape index (κ1) is 15.9. The van der Waals surface area contributed by atoms with E-state index in [-0.39, 0.29) is 12.7 Å². The molecule has 0 amide bonds. The zero-order valence-corrected chi connectivity index (χ0v) is 12.8. The molecule has 0 spiro atoms. The number of nitrogens with two attached hydrogens (primary N) is 1. The molecule has 3 N–H and O–H groups in total. The average Bonchev–Trinajstić information content (AvgIpc) is 2.51. The Balaban J connectivity index is 1.94. The van der Waals surface area contributed by atoms with E-state index in [4.69, 9.17) is 20.3 Å². The molecule has 5 nitrogen and oxygen atoms in total. The molecule has 0 unspecified atom stereocenters. The molecule has 21 heavy (non-hydrogen) atoms. The van der Waals surface area contributed by atoms with Crippen molar-refractivity contribution < 1.29 is 14.6 Å². The van der Waals surface area contributed by atoms with E-state index >= 15 is 0 Å². The summed E-state index contributed by atoms with van der Waals surface area (Å²) in [6.45, 7) is 5.19. The van der Waals surface area contributed by atoms with Gasteiger partial charge >= 0.3 is 0 Å². The number of hydrogen-bond donors (Lipinski definition) is 2. The summed E-state index contributed by atoms with van der Waals surface area (Å²) in [5, 5.41) is 8.80. The number of aliphatic hydroxyl groups is 1. The molecular formula is C16H26N2O3. The van der Waals surface area contributed by atoms with Gasteiger partial charge in [-0.1, -0.05) is 6.92 Å². The van der Waals surface area contributed by atoms with E-state index in [0.717, 1.165) is 49.5 Å². The van der Waals surface area contributed by atoms with E-state index < -0.39 is 0 Å². The van der Waals surface area contributed by atoms with Crippen molar-refractivity contribution in [3.05, 3.63) is 18.2 Å². The summed E-state index contributed by atoms with van der Waals surface area (Å²) in [6.07, 6.45) is 3.18. The Labute approximate surface area is 126 Å². The lowest BCUT2D eigenvalue weighted by molar-refractivity contribution is 0.0159. The number of aliphatic hydroxyl groups excluding tert-OH is 1. The Morgan fingerprint density at radius 2 is 2.00 bits per heavy atom. The van der Waals surface area contributed by atoms with Gasteiger partial charge in [-0.2, -0.15) is 0 Å². The minimum Gasteiger partial charge on any atom is -0.493 e. The lowest BCUT2D eigenvalue weighted by Crippen LogP contribution is -2.37. The van der Waals surface area contributed by atoms with Crippen molar-refractivity contribution in [1.29, 1.82) is 0 Å². The predicted octanol–water partition coefficient (Wildman–Crippen LogP) is 2.04. The fourth-order valence-corrected chi connectivity index (χ4v) is 2.59. The molecule has 1 aliphatic rings. The number of rotatable bonds is 7. The molecule has 1 aromatic rings. The molecular weight excluding hydrogens is 268 g/mol. The van der Waals surface area contributed by atoms with E-state index in [1.165, 1.54) is 0 Å². The Bertz CT molecular complexity index is 432. The minimum atomic E-state index is 0.0908. The highest BCUT2D eigenvalue weighted by Gasteiger charge is 2.20. The molecule has 0 aromatic heterocycles. The fraction of sp³-hybridized carbons (Fsp3) is 0.625. The molecule has 0 radical (unpaired) electrons.